The van der Waals surface area contributed by atoms with Crippen molar-refractivity contribution in [3.8, 4) is 0 Å². The highest BCUT2D eigenvalue weighted by Gasteiger charge is 2.54. The summed E-state index contributed by atoms with van der Waals surface area (Å²) in [5.74, 6) is -0.422. The van der Waals surface area contributed by atoms with Gasteiger partial charge in [-0.25, -0.2) is 0 Å². The third-order valence-corrected chi connectivity index (χ3v) is 6.32. The molecule has 2 saturated heterocycles. The lowest BCUT2D eigenvalue weighted by Crippen LogP contribution is -2.41. The highest BCUT2D eigenvalue weighted by Crippen LogP contribution is 2.43. The maximum atomic E-state index is 12.4. The molecule has 1 aromatic rings. The lowest BCUT2D eigenvalue weighted by atomic mass is 9.65. The van der Waals surface area contributed by atoms with Gasteiger partial charge in [0.15, 0.2) is 0 Å². The minimum atomic E-state index is -0.486. The van der Waals surface area contributed by atoms with Gasteiger partial charge in [-0.2, -0.15) is 0 Å². The number of rotatable bonds is 6. The van der Waals surface area contributed by atoms with Crippen molar-refractivity contribution in [1.29, 1.82) is 0 Å². The largest absolute Gasteiger partial charge is 0.466 e. The van der Waals surface area contributed by atoms with E-state index in [4.69, 9.17) is 14.0 Å². The van der Waals surface area contributed by atoms with E-state index in [1.165, 1.54) is 24.9 Å². The van der Waals surface area contributed by atoms with Gasteiger partial charge in [-0.15, -0.1) is 0 Å². The highest BCUT2D eigenvalue weighted by molar-refractivity contribution is 6.48. The maximum absolute atomic E-state index is 12.4. The number of piperidine rings is 1. The third-order valence-electron chi connectivity index (χ3n) is 6.32. The zero-order chi connectivity index (χ0) is 20.4. The van der Waals surface area contributed by atoms with E-state index in [0.29, 0.717) is 6.61 Å². The summed E-state index contributed by atoms with van der Waals surface area (Å²) < 4.78 is 18.0. The Kier molecular flexibility index (Phi) is 6.40. The van der Waals surface area contributed by atoms with Crippen LogP contribution in [0.1, 0.15) is 71.7 Å². The topological polar surface area (TPSA) is 48.0 Å². The minimum absolute atomic E-state index is 0.210. The number of carbonyl (C=O) groups is 1. The zero-order valence-electron chi connectivity index (χ0n) is 18.0. The summed E-state index contributed by atoms with van der Waals surface area (Å²) in [6.45, 7) is 12.5. The van der Waals surface area contributed by atoms with E-state index >= 15 is 0 Å². The molecule has 0 N–H and O–H groups in total. The molecule has 0 bridgehead atoms. The molecule has 0 amide bonds. The summed E-state index contributed by atoms with van der Waals surface area (Å²) in [7, 11) is -0.486. The first kappa shape index (κ1) is 21.2. The van der Waals surface area contributed by atoms with E-state index in [-0.39, 0.29) is 18.2 Å². The van der Waals surface area contributed by atoms with Crippen LogP contribution in [-0.4, -0.2) is 44.0 Å². The number of anilines is 1. The SMILES string of the molecule is CCOC(=O)CC(B1OC(C)(C)C(C)(C)O1)c1ccccc1N1CCCCC1. The first-order valence-corrected chi connectivity index (χ1v) is 10.6. The molecule has 0 saturated carbocycles. The van der Waals surface area contributed by atoms with E-state index in [9.17, 15) is 4.79 Å². The summed E-state index contributed by atoms with van der Waals surface area (Å²) in [4.78, 5) is 14.9. The minimum Gasteiger partial charge on any atom is -0.466 e. The molecular formula is C22H34BNO4. The molecule has 2 fully saturated rings. The Morgan fingerprint density at radius 3 is 2.32 bits per heavy atom. The first-order valence-electron chi connectivity index (χ1n) is 10.6. The molecule has 1 unspecified atom stereocenters. The van der Waals surface area contributed by atoms with Crippen molar-refractivity contribution < 1.29 is 18.8 Å². The quantitative estimate of drug-likeness (QED) is 0.537. The summed E-state index contributed by atoms with van der Waals surface area (Å²) in [6.07, 6.45) is 3.93. The molecule has 6 heteroatoms. The molecule has 3 rings (SSSR count). The van der Waals surface area contributed by atoms with Crippen LogP contribution in [0.4, 0.5) is 5.69 Å². The lowest BCUT2D eigenvalue weighted by Gasteiger charge is -2.33. The third kappa shape index (κ3) is 4.38. The molecule has 2 aliphatic rings. The van der Waals surface area contributed by atoms with Crippen LogP contribution in [0.2, 0.25) is 0 Å². The number of ether oxygens (including phenoxy) is 1. The Hall–Kier alpha value is -1.53. The standard InChI is InChI=1S/C22H34BNO4/c1-6-26-20(25)16-18(23-27-21(2,3)22(4,5)28-23)17-12-8-9-13-19(17)24-14-10-7-11-15-24/h8-9,12-13,18H,6-7,10-11,14-16H2,1-5H3. The van der Waals surface area contributed by atoms with E-state index in [1.54, 1.807) is 0 Å². The van der Waals surface area contributed by atoms with E-state index < -0.39 is 18.3 Å². The highest BCUT2D eigenvalue weighted by atomic mass is 16.7. The zero-order valence-corrected chi connectivity index (χ0v) is 18.0. The van der Waals surface area contributed by atoms with Gasteiger partial charge in [0.25, 0.3) is 0 Å². The van der Waals surface area contributed by atoms with Crippen molar-refractivity contribution in [2.45, 2.75) is 77.3 Å². The van der Waals surface area contributed by atoms with Gasteiger partial charge in [0, 0.05) is 24.6 Å². The summed E-state index contributed by atoms with van der Waals surface area (Å²) >= 11 is 0. The van der Waals surface area contributed by atoms with Crippen molar-refractivity contribution >= 4 is 18.8 Å². The van der Waals surface area contributed by atoms with Crippen LogP contribution in [0.15, 0.2) is 24.3 Å². The fourth-order valence-corrected chi connectivity index (χ4v) is 4.03. The van der Waals surface area contributed by atoms with E-state index in [2.05, 4.69) is 23.1 Å². The molecule has 28 heavy (non-hydrogen) atoms. The number of para-hydroxylation sites is 1. The van der Waals surface area contributed by atoms with Crippen molar-refractivity contribution in [1.82, 2.24) is 0 Å². The molecule has 1 aromatic carbocycles. The summed E-state index contributed by atoms with van der Waals surface area (Å²) in [5.41, 5.74) is 1.41. The van der Waals surface area contributed by atoms with Crippen molar-refractivity contribution in [3.05, 3.63) is 29.8 Å². The molecular weight excluding hydrogens is 353 g/mol. The van der Waals surface area contributed by atoms with Gasteiger partial charge >= 0.3 is 13.1 Å². The molecule has 0 aromatic heterocycles. The molecule has 154 valence electrons. The van der Waals surface area contributed by atoms with Crippen molar-refractivity contribution in [2.75, 3.05) is 24.6 Å². The molecule has 0 radical (unpaired) electrons. The summed E-state index contributed by atoms with van der Waals surface area (Å²) in [6, 6.07) is 8.37. The predicted octanol–water partition coefficient (Wildman–Crippen LogP) is 4.35. The maximum Gasteiger partial charge on any atom is 0.466 e. The monoisotopic (exact) mass is 387 g/mol. The molecule has 0 spiro atoms. The van der Waals surface area contributed by atoms with Gasteiger partial charge in [0.2, 0.25) is 0 Å². The molecule has 1 atom stereocenters. The van der Waals surface area contributed by atoms with Gasteiger partial charge in [-0.05, 0) is 65.5 Å². The van der Waals surface area contributed by atoms with Crippen LogP contribution in [0.3, 0.4) is 0 Å². The number of carbonyl (C=O) groups excluding carboxylic acids is 1. The number of nitrogens with zero attached hydrogens (tertiary/aromatic N) is 1. The van der Waals surface area contributed by atoms with Gasteiger partial charge in [-0.3, -0.25) is 4.79 Å². The fraction of sp³-hybridized carbons (Fsp3) is 0.682. The molecule has 2 aliphatic heterocycles. The summed E-state index contributed by atoms with van der Waals surface area (Å²) in [5, 5.41) is 0. The Balaban J connectivity index is 1.95. The molecule has 5 nitrogen and oxygen atoms in total. The van der Waals surface area contributed by atoms with Crippen LogP contribution in [0, 0.1) is 0 Å². The van der Waals surface area contributed by atoms with Gasteiger partial charge in [-0.1, -0.05) is 18.2 Å². The number of hydrogen-bond acceptors (Lipinski definition) is 5. The number of benzene rings is 1. The Bertz CT molecular complexity index is 669. The van der Waals surface area contributed by atoms with Gasteiger partial charge in [0.05, 0.1) is 24.2 Å². The average Bonchev–Trinajstić information content (AvgIpc) is 2.88. The van der Waals surface area contributed by atoms with Crippen LogP contribution in [-0.2, 0) is 18.8 Å². The van der Waals surface area contributed by atoms with Crippen molar-refractivity contribution in [2.24, 2.45) is 0 Å². The Morgan fingerprint density at radius 1 is 1.11 bits per heavy atom. The lowest BCUT2D eigenvalue weighted by molar-refractivity contribution is -0.143. The number of esters is 1. The normalized spacial score (nSPS) is 22.2. The van der Waals surface area contributed by atoms with Crippen LogP contribution in [0.25, 0.3) is 0 Å². The smallest absolute Gasteiger partial charge is 0.466 e. The first-order chi connectivity index (χ1) is 13.2. The molecule has 2 heterocycles. The molecule has 0 aliphatic carbocycles. The number of hydrogen-bond donors (Lipinski definition) is 0. The second-order valence-electron chi connectivity index (χ2n) is 8.85. The fourth-order valence-electron chi connectivity index (χ4n) is 4.03. The van der Waals surface area contributed by atoms with E-state index in [0.717, 1.165) is 18.7 Å². The van der Waals surface area contributed by atoms with Crippen LogP contribution in [0.5, 0.6) is 0 Å². The van der Waals surface area contributed by atoms with Crippen LogP contribution < -0.4 is 4.90 Å². The van der Waals surface area contributed by atoms with Gasteiger partial charge < -0.3 is 18.9 Å². The Morgan fingerprint density at radius 2 is 1.71 bits per heavy atom. The van der Waals surface area contributed by atoms with Crippen LogP contribution >= 0.6 is 0 Å². The predicted molar refractivity (Wildman–Crippen MR) is 113 cm³/mol. The average molecular weight is 387 g/mol. The van der Waals surface area contributed by atoms with E-state index in [1.807, 2.05) is 40.7 Å². The second-order valence-corrected chi connectivity index (χ2v) is 8.85. The van der Waals surface area contributed by atoms with Crippen molar-refractivity contribution in [3.63, 3.8) is 0 Å². The van der Waals surface area contributed by atoms with Gasteiger partial charge in [0.1, 0.15) is 0 Å². The second kappa shape index (κ2) is 8.46. The Labute approximate surface area is 169 Å².